The van der Waals surface area contributed by atoms with Gasteiger partial charge in [0.2, 0.25) is 0 Å². The largest absolute Gasteiger partial charge is 0.392 e. The van der Waals surface area contributed by atoms with Crippen LogP contribution in [0.1, 0.15) is 59.8 Å². The van der Waals surface area contributed by atoms with Crippen molar-refractivity contribution in [3.05, 3.63) is 0 Å². The Balaban J connectivity index is 1.61. The monoisotopic (exact) mass is 253 g/mol. The molecule has 0 aliphatic heterocycles. The summed E-state index contributed by atoms with van der Waals surface area (Å²) in [5, 5.41) is 13.5. The predicted octanol–water partition coefficient (Wildman–Crippen LogP) is 3.20. The summed E-state index contributed by atoms with van der Waals surface area (Å²) in [7, 11) is 0. The van der Waals surface area contributed by atoms with Crippen molar-refractivity contribution in [1.29, 1.82) is 0 Å². The topological polar surface area (TPSA) is 32.3 Å². The minimum Gasteiger partial charge on any atom is -0.392 e. The maximum atomic E-state index is 10.0. The van der Waals surface area contributed by atoms with Gasteiger partial charge >= 0.3 is 0 Å². The van der Waals surface area contributed by atoms with Crippen molar-refractivity contribution in [2.75, 3.05) is 13.1 Å². The number of hydrogen-bond donors (Lipinski definition) is 2. The summed E-state index contributed by atoms with van der Waals surface area (Å²) in [6, 6.07) is 0. The molecule has 2 fully saturated rings. The normalized spacial score (nSPS) is 28.5. The van der Waals surface area contributed by atoms with Crippen LogP contribution in [0.4, 0.5) is 0 Å². The van der Waals surface area contributed by atoms with Gasteiger partial charge in [-0.1, -0.05) is 53.4 Å². The second-order valence-corrected chi connectivity index (χ2v) is 7.69. The molecular formula is C16H31NO. The standard InChI is InChI=1S/C16H31NO/c1-15(2)14(16(15,3)4)11-17-10-13(18)9-12-7-5-6-8-12/h12-14,17-18H,5-11H2,1-4H3. The molecule has 0 bridgehead atoms. The number of aliphatic hydroxyl groups is 1. The lowest BCUT2D eigenvalue weighted by Gasteiger charge is -2.16. The molecule has 1 unspecified atom stereocenters. The molecule has 0 spiro atoms. The van der Waals surface area contributed by atoms with Crippen molar-refractivity contribution >= 4 is 0 Å². The van der Waals surface area contributed by atoms with Gasteiger partial charge in [-0.2, -0.15) is 0 Å². The molecule has 0 aromatic rings. The average Bonchev–Trinajstić information content (AvgIpc) is 2.68. The number of hydrogen-bond acceptors (Lipinski definition) is 2. The summed E-state index contributed by atoms with van der Waals surface area (Å²) in [6.07, 6.45) is 6.27. The van der Waals surface area contributed by atoms with Crippen LogP contribution in [0.3, 0.4) is 0 Å². The zero-order valence-corrected chi connectivity index (χ0v) is 12.6. The van der Waals surface area contributed by atoms with Gasteiger partial charge < -0.3 is 10.4 Å². The van der Waals surface area contributed by atoms with Crippen molar-refractivity contribution in [3.63, 3.8) is 0 Å². The fourth-order valence-electron chi connectivity index (χ4n) is 3.95. The molecule has 2 aliphatic carbocycles. The summed E-state index contributed by atoms with van der Waals surface area (Å²) in [5.74, 6) is 1.54. The molecule has 2 nitrogen and oxygen atoms in total. The Morgan fingerprint density at radius 1 is 1.11 bits per heavy atom. The molecule has 0 amide bonds. The molecule has 2 aliphatic rings. The second-order valence-electron chi connectivity index (χ2n) is 7.69. The van der Waals surface area contributed by atoms with E-state index < -0.39 is 0 Å². The zero-order chi connectivity index (χ0) is 13.4. The Hall–Kier alpha value is -0.0800. The zero-order valence-electron chi connectivity index (χ0n) is 12.6. The van der Waals surface area contributed by atoms with Gasteiger partial charge in [-0.05, 0) is 35.6 Å². The highest BCUT2D eigenvalue weighted by molar-refractivity contribution is 5.12. The minimum absolute atomic E-state index is 0.141. The maximum Gasteiger partial charge on any atom is 0.0667 e. The van der Waals surface area contributed by atoms with Crippen LogP contribution in [0, 0.1) is 22.7 Å². The van der Waals surface area contributed by atoms with Crippen LogP contribution in [0.25, 0.3) is 0 Å². The van der Waals surface area contributed by atoms with Crippen molar-refractivity contribution in [3.8, 4) is 0 Å². The van der Waals surface area contributed by atoms with E-state index in [1.807, 2.05) is 0 Å². The van der Waals surface area contributed by atoms with Gasteiger partial charge in [-0.15, -0.1) is 0 Å². The lowest BCUT2D eigenvalue weighted by molar-refractivity contribution is 0.140. The Morgan fingerprint density at radius 3 is 2.17 bits per heavy atom. The first-order valence-electron chi connectivity index (χ1n) is 7.74. The van der Waals surface area contributed by atoms with E-state index in [2.05, 4.69) is 33.0 Å². The van der Waals surface area contributed by atoms with E-state index in [9.17, 15) is 5.11 Å². The predicted molar refractivity (Wildman–Crippen MR) is 76.5 cm³/mol. The van der Waals surface area contributed by atoms with Crippen LogP contribution in [0.5, 0.6) is 0 Å². The van der Waals surface area contributed by atoms with Gasteiger partial charge in [0.05, 0.1) is 6.10 Å². The van der Waals surface area contributed by atoms with E-state index in [4.69, 9.17) is 0 Å². The average molecular weight is 253 g/mol. The highest BCUT2D eigenvalue weighted by Crippen LogP contribution is 2.67. The van der Waals surface area contributed by atoms with Crippen LogP contribution < -0.4 is 5.32 Å². The van der Waals surface area contributed by atoms with Gasteiger partial charge in [-0.25, -0.2) is 0 Å². The minimum atomic E-state index is -0.141. The fraction of sp³-hybridized carbons (Fsp3) is 1.00. The Labute approximate surface area is 113 Å². The molecule has 0 radical (unpaired) electrons. The number of rotatable bonds is 6. The smallest absolute Gasteiger partial charge is 0.0667 e. The van der Waals surface area contributed by atoms with Gasteiger partial charge in [0.25, 0.3) is 0 Å². The maximum absolute atomic E-state index is 10.0. The van der Waals surface area contributed by atoms with Gasteiger partial charge in [0.15, 0.2) is 0 Å². The summed E-state index contributed by atoms with van der Waals surface area (Å²) >= 11 is 0. The van der Waals surface area contributed by atoms with E-state index in [0.29, 0.717) is 10.8 Å². The quantitative estimate of drug-likeness (QED) is 0.762. The third-order valence-electron chi connectivity index (χ3n) is 6.13. The first kappa shape index (κ1) is 14.3. The molecule has 2 heteroatoms. The number of aliphatic hydroxyl groups excluding tert-OH is 1. The molecule has 0 saturated heterocycles. The van der Waals surface area contributed by atoms with Gasteiger partial charge in [-0.3, -0.25) is 0 Å². The molecule has 0 aromatic heterocycles. The second kappa shape index (κ2) is 5.13. The summed E-state index contributed by atoms with van der Waals surface area (Å²) in [5.41, 5.74) is 0.910. The van der Waals surface area contributed by atoms with E-state index >= 15 is 0 Å². The Morgan fingerprint density at radius 2 is 1.67 bits per heavy atom. The molecule has 2 rings (SSSR count). The van der Waals surface area contributed by atoms with E-state index in [1.165, 1.54) is 25.7 Å². The molecule has 18 heavy (non-hydrogen) atoms. The van der Waals surface area contributed by atoms with Crippen molar-refractivity contribution in [1.82, 2.24) is 5.32 Å². The van der Waals surface area contributed by atoms with Crippen molar-refractivity contribution in [2.24, 2.45) is 22.7 Å². The highest BCUT2D eigenvalue weighted by Gasteiger charge is 2.63. The van der Waals surface area contributed by atoms with Crippen molar-refractivity contribution in [2.45, 2.75) is 65.9 Å². The molecule has 0 heterocycles. The molecular weight excluding hydrogens is 222 g/mol. The molecule has 2 saturated carbocycles. The molecule has 0 aromatic carbocycles. The van der Waals surface area contributed by atoms with Gasteiger partial charge in [0, 0.05) is 6.54 Å². The highest BCUT2D eigenvalue weighted by atomic mass is 16.3. The number of nitrogens with one attached hydrogen (secondary N) is 1. The van der Waals surface area contributed by atoms with Crippen molar-refractivity contribution < 1.29 is 5.11 Å². The first-order chi connectivity index (χ1) is 8.35. The molecule has 106 valence electrons. The van der Waals surface area contributed by atoms with Crippen LogP contribution >= 0.6 is 0 Å². The fourth-order valence-corrected chi connectivity index (χ4v) is 3.95. The summed E-state index contributed by atoms with van der Waals surface area (Å²) in [6.45, 7) is 11.3. The SMILES string of the molecule is CC1(C)C(CNCC(O)CC2CCCC2)C1(C)C. The van der Waals surface area contributed by atoms with Crippen LogP contribution in [-0.2, 0) is 0 Å². The van der Waals surface area contributed by atoms with E-state index in [-0.39, 0.29) is 6.10 Å². The lowest BCUT2D eigenvalue weighted by Crippen LogP contribution is -2.30. The van der Waals surface area contributed by atoms with Crippen LogP contribution in [0.15, 0.2) is 0 Å². The Bertz CT molecular complexity index is 265. The van der Waals surface area contributed by atoms with Gasteiger partial charge in [0.1, 0.15) is 0 Å². The molecule has 1 atom stereocenters. The first-order valence-corrected chi connectivity index (χ1v) is 7.74. The molecule has 2 N–H and O–H groups in total. The van der Waals surface area contributed by atoms with Crippen LogP contribution in [-0.4, -0.2) is 24.3 Å². The summed E-state index contributed by atoms with van der Waals surface area (Å²) < 4.78 is 0. The lowest BCUT2D eigenvalue weighted by atomic mass is 10.00. The third kappa shape index (κ3) is 2.75. The van der Waals surface area contributed by atoms with Crippen LogP contribution in [0.2, 0.25) is 0 Å². The van der Waals surface area contributed by atoms with E-state index in [1.54, 1.807) is 0 Å². The van der Waals surface area contributed by atoms with E-state index in [0.717, 1.165) is 31.3 Å². The third-order valence-corrected chi connectivity index (χ3v) is 6.13. The summed E-state index contributed by atoms with van der Waals surface area (Å²) in [4.78, 5) is 0. The Kier molecular flexibility index (Phi) is 4.08.